The summed E-state index contributed by atoms with van der Waals surface area (Å²) in [4.78, 5) is 0. The Hall–Kier alpha value is -0.420. The van der Waals surface area contributed by atoms with Crippen molar-refractivity contribution in [2.24, 2.45) is 11.1 Å². The summed E-state index contributed by atoms with van der Waals surface area (Å²) in [6.07, 6.45) is 1.84. The lowest BCUT2D eigenvalue weighted by atomic mass is 9.66. The number of rotatable bonds is 3. The van der Waals surface area contributed by atoms with E-state index in [1.165, 1.54) is 0 Å². The van der Waals surface area contributed by atoms with Crippen molar-refractivity contribution in [3.63, 3.8) is 0 Å². The van der Waals surface area contributed by atoms with Gasteiger partial charge in [-0.2, -0.15) is 0 Å². The van der Waals surface area contributed by atoms with Crippen molar-refractivity contribution >= 4 is 15.9 Å². The predicted molar refractivity (Wildman–Crippen MR) is 75.3 cm³/mol. The van der Waals surface area contributed by atoms with E-state index in [1.54, 1.807) is 0 Å². The average molecular weight is 314 g/mol. The molecule has 100 valence electrons. The van der Waals surface area contributed by atoms with E-state index in [0.717, 1.165) is 29.5 Å². The minimum absolute atomic E-state index is 0.390. The van der Waals surface area contributed by atoms with Crippen molar-refractivity contribution in [2.45, 2.75) is 25.4 Å². The maximum absolute atomic E-state index is 11.0. The highest BCUT2D eigenvalue weighted by molar-refractivity contribution is 9.10. The lowest BCUT2D eigenvalue weighted by molar-refractivity contribution is -0.139. The van der Waals surface area contributed by atoms with E-state index in [4.69, 9.17) is 10.5 Å². The molecule has 1 fully saturated rings. The van der Waals surface area contributed by atoms with Crippen LogP contribution in [0.5, 0.6) is 0 Å². The number of halogens is 1. The fourth-order valence-corrected chi connectivity index (χ4v) is 2.94. The second kappa shape index (κ2) is 5.29. The Morgan fingerprint density at radius 3 is 2.61 bits per heavy atom. The van der Waals surface area contributed by atoms with E-state index >= 15 is 0 Å². The van der Waals surface area contributed by atoms with Crippen molar-refractivity contribution in [1.29, 1.82) is 0 Å². The quantitative estimate of drug-likeness (QED) is 0.901. The SMILES string of the molecule is CC(O)(c1ccc(Br)cc1)C1(CN)CCCOC1. The number of hydrogen-bond donors (Lipinski definition) is 2. The van der Waals surface area contributed by atoms with E-state index in [-0.39, 0.29) is 5.41 Å². The number of aliphatic hydroxyl groups is 1. The minimum atomic E-state index is -0.969. The molecule has 4 heteroatoms. The highest BCUT2D eigenvalue weighted by Gasteiger charge is 2.48. The maximum Gasteiger partial charge on any atom is 0.0958 e. The molecule has 0 amide bonds. The second-order valence-electron chi connectivity index (χ2n) is 5.22. The van der Waals surface area contributed by atoms with Gasteiger partial charge in [-0.3, -0.25) is 0 Å². The lowest BCUT2D eigenvalue weighted by Gasteiger charge is -2.47. The van der Waals surface area contributed by atoms with E-state index in [9.17, 15) is 5.11 Å². The molecule has 0 spiro atoms. The third-order valence-electron chi connectivity index (χ3n) is 4.15. The molecule has 1 aliphatic heterocycles. The first kappa shape index (κ1) is 14.0. The first-order valence-corrected chi connectivity index (χ1v) is 7.07. The molecular formula is C14H20BrNO2. The van der Waals surface area contributed by atoms with Gasteiger partial charge < -0.3 is 15.6 Å². The average Bonchev–Trinajstić information content (AvgIpc) is 2.40. The van der Waals surface area contributed by atoms with Crippen molar-refractivity contribution in [1.82, 2.24) is 0 Å². The normalized spacial score (nSPS) is 27.8. The number of ether oxygens (including phenoxy) is 1. The zero-order valence-corrected chi connectivity index (χ0v) is 12.2. The molecule has 0 aliphatic carbocycles. The van der Waals surface area contributed by atoms with E-state index in [0.29, 0.717) is 13.2 Å². The monoisotopic (exact) mass is 313 g/mol. The van der Waals surface area contributed by atoms with Crippen molar-refractivity contribution in [3.05, 3.63) is 34.3 Å². The highest BCUT2D eigenvalue weighted by Crippen LogP contribution is 2.44. The van der Waals surface area contributed by atoms with Gasteiger partial charge in [0, 0.05) is 23.0 Å². The molecule has 18 heavy (non-hydrogen) atoms. The van der Waals surface area contributed by atoms with Crippen molar-refractivity contribution in [2.75, 3.05) is 19.8 Å². The first-order chi connectivity index (χ1) is 8.52. The summed E-state index contributed by atoms with van der Waals surface area (Å²) in [6.45, 7) is 3.55. The molecular weight excluding hydrogens is 294 g/mol. The predicted octanol–water partition coefficient (Wildman–Crippen LogP) is 2.41. The summed E-state index contributed by atoms with van der Waals surface area (Å²) in [5.41, 5.74) is 5.47. The van der Waals surface area contributed by atoms with Crippen LogP contribution in [0.15, 0.2) is 28.7 Å². The van der Waals surface area contributed by atoms with Crippen LogP contribution in [-0.2, 0) is 10.3 Å². The molecule has 1 aromatic rings. The first-order valence-electron chi connectivity index (χ1n) is 6.28. The van der Waals surface area contributed by atoms with Gasteiger partial charge >= 0.3 is 0 Å². The molecule has 1 aliphatic rings. The third-order valence-corrected chi connectivity index (χ3v) is 4.68. The fourth-order valence-electron chi connectivity index (χ4n) is 2.68. The third kappa shape index (κ3) is 2.35. The zero-order valence-electron chi connectivity index (χ0n) is 10.7. The van der Waals surface area contributed by atoms with Gasteiger partial charge in [-0.05, 0) is 37.5 Å². The molecule has 1 aromatic carbocycles. The standard InChI is InChI=1S/C14H20BrNO2/c1-13(17,11-3-5-12(15)6-4-11)14(9-16)7-2-8-18-10-14/h3-6,17H,2,7-10,16H2,1H3. The molecule has 0 saturated carbocycles. The molecule has 0 bridgehead atoms. The van der Waals surface area contributed by atoms with Crippen LogP contribution in [0.2, 0.25) is 0 Å². The van der Waals surface area contributed by atoms with E-state index in [2.05, 4.69) is 15.9 Å². The molecule has 2 unspecified atom stereocenters. The summed E-state index contributed by atoms with van der Waals surface area (Å²) < 4.78 is 6.56. The van der Waals surface area contributed by atoms with Gasteiger partial charge in [0.25, 0.3) is 0 Å². The smallest absolute Gasteiger partial charge is 0.0958 e. The van der Waals surface area contributed by atoms with Gasteiger partial charge in [0.15, 0.2) is 0 Å². The Labute approximate surface area is 116 Å². The summed E-state index contributed by atoms with van der Waals surface area (Å²) in [5, 5.41) is 11.0. The van der Waals surface area contributed by atoms with Crippen molar-refractivity contribution < 1.29 is 9.84 Å². The Morgan fingerprint density at radius 2 is 2.11 bits per heavy atom. The van der Waals surface area contributed by atoms with E-state index < -0.39 is 5.60 Å². The molecule has 2 rings (SSSR count). The van der Waals surface area contributed by atoms with E-state index in [1.807, 2.05) is 31.2 Å². The maximum atomic E-state index is 11.0. The number of nitrogens with two attached hydrogens (primary N) is 1. The molecule has 1 heterocycles. The van der Waals surface area contributed by atoms with Crippen LogP contribution in [0.25, 0.3) is 0 Å². The second-order valence-corrected chi connectivity index (χ2v) is 6.14. The van der Waals surface area contributed by atoms with Crippen LogP contribution < -0.4 is 5.73 Å². The summed E-state index contributed by atoms with van der Waals surface area (Å²) in [6, 6.07) is 7.77. The largest absolute Gasteiger partial charge is 0.385 e. The van der Waals surface area contributed by atoms with Gasteiger partial charge in [-0.25, -0.2) is 0 Å². The van der Waals surface area contributed by atoms with Gasteiger partial charge in [0.05, 0.1) is 12.2 Å². The minimum Gasteiger partial charge on any atom is -0.385 e. The number of hydrogen-bond acceptors (Lipinski definition) is 3. The Bertz CT molecular complexity index is 397. The fraction of sp³-hybridized carbons (Fsp3) is 0.571. The van der Waals surface area contributed by atoms with Crippen LogP contribution in [0.4, 0.5) is 0 Å². The highest BCUT2D eigenvalue weighted by atomic mass is 79.9. The zero-order chi connectivity index (χ0) is 13.2. The van der Waals surface area contributed by atoms with Crippen LogP contribution in [0.3, 0.4) is 0 Å². The molecule has 2 atom stereocenters. The molecule has 3 nitrogen and oxygen atoms in total. The van der Waals surface area contributed by atoms with Crippen LogP contribution in [0.1, 0.15) is 25.3 Å². The van der Waals surface area contributed by atoms with Crippen molar-refractivity contribution in [3.8, 4) is 0 Å². The Morgan fingerprint density at radius 1 is 1.44 bits per heavy atom. The lowest BCUT2D eigenvalue weighted by Crippen LogP contribution is -2.53. The molecule has 0 radical (unpaired) electrons. The van der Waals surface area contributed by atoms with Gasteiger partial charge in [-0.1, -0.05) is 28.1 Å². The van der Waals surface area contributed by atoms with Gasteiger partial charge in [-0.15, -0.1) is 0 Å². The van der Waals surface area contributed by atoms with Gasteiger partial charge in [0.1, 0.15) is 0 Å². The summed E-state index contributed by atoms with van der Waals surface area (Å²) in [7, 11) is 0. The van der Waals surface area contributed by atoms with Crippen LogP contribution >= 0.6 is 15.9 Å². The Kier molecular flexibility index (Phi) is 4.11. The van der Waals surface area contributed by atoms with Gasteiger partial charge in [0.2, 0.25) is 0 Å². The molecule has 1 saturated heterocycles. The number of benzene rings is 1. The Balaban J connectivity index is 2.35. The topological polar surface area (TPSA) is 55.5 Å². The molecule has 3 N–H and O–H groups in total. The van der Waals surface area contributed by atoms with Crippen LogP contribution in [-0.4, -0.2) is 24.9 Å². The summed E-state index contributed by atoms with van der Waals surface area (Å²) >= 11 is 3.41. The van der Waals surface area contributed by atoms with Crippen LogP contribution in [0, 0.1) is 5.41 Å². The molecule has 0 aromatic heterocycles. The summed E-state index contributed by atoms with van der Waals surface area (Å²) in [5.74, 6) is 0.